The number of hydrogen-bond acceptors (Lipinski definition) is 6. The molecule has 0 spiro atoms. The third kappa shape index (κ3) is 5.76. The van der Waals surface area contributed by atoms with E-state index < -0.39 is 5.82 Å². The molecule has 4 heterocycles. The molecule has 0 amide bonds. The molecule has 7 nitrogen and oxygen atoms in total. The van der Waals surface area contributed by atoms with Crippen molar-refractivity contribution in [1.29, 1.82) is 0 Å². The van der Waals surface area contributed by atoms with Crippen LogP contribution in [0.2, 0.25) is 0 Å². The van der Waals surface area contributed by atoms with Crippen LogP contribution in [0.1, 0.15) is 44.6 Å². The van der Waals surface area contributed by atoms with Gasteiger partial charge in [-0.15, -0.1) is 0 Å². The summed E-state index contributed by atoms with van der Waals surface area (Å²) in [5, 5.41) is 14.1. The molecule has 0 radical (unpaired) electrons. The van der Waals surface area contributed by atoms with Gasteiger partial charge < -0.3 is 10.6 Å². The van der Waals surface area contributed by atoms with Crippen LogP contribution in [-0.2, 0) is 0 Å². The van der Waals surface area contributed by atoms with Crippen molar-refractivity contribution in [3.63, 3.8) is 0 Å². The van der Waals surface area contributed by atoms with Crippen molar-refractivity contribution < 1.29 is 4.39 Å². The van der Waals surface area contributed by atoms with E-state index in [9.17, 15) is 0 Å². The van der Waals surface area contributed by atoms with Crippen molar-refractivity contribution in [2.45, 2.75) is 34.6 Å². The standard InChI is InChI=1S/C32H34FN7/c1-9-22(14-24(10-2)38-21(5)32(6,7)8)31-29(33)28-27(18-36-31)39-40-30(28)20(4)37-26-17-35-16-25(19(26)3)23-12-11-13-34-15-23/h9-18,37-38H,2,4-5H2,1,3,6-8H3,(H,39,40)/b22-9+,24-14+. The van der Waals surface area contributed by atoms with E-state index in [4.69, 9.17) is 0 Å². The number of aromatic amines is 1. The van der Waals surface area contributed by atoms with E-state index in [1.807, 2.05) is 26.0 Å². The van der Waals surface area contributed by atoms with Crippen molar-refractivity contribution in [3.05, 3.63) is 115 Å². The van der Waals surface area contributed by atoms with Gasteiger partial charge in [-0.05, 0) is 37.6 Å². The lowest BCUT2D eigenvalue weighted by molar-refractivity contribution is 0.478. The summed E-state index contributed by atoms with van der Waals surface area (Å²) in [4.78, 5) is 13.0. The van der Waals surface area contributed by atoms with Crippen LogP contribution < -0.4 is 10.6 Å². The Morgan fingerprint density at radius 1 is 1.07 bits per heavy atom. The zero-order valence-corrected chi connectivity index (χ0v) is 23.6. The minimum atomic E-state index is -0.509. The first-order chi connectivity index (χ1) is 19.0. The zero-order valence-electron chi connectivity index (χ0n) is 23.6. The molecule has 4 rings (SSSR count). The molecule has 0 aliphatic rings. The van der Waals surface area contributed by atoms with Gasteiger partial charge in [0.25, 0.3) is 0 Å². The molecule has 40 heavy (non-hydrogen) atoms. The summed E-state index contributed by atoms with van der Waals surface area (Å²) in [6, 6.07) is 3.85. The highest BCUT2D eigenvalue weighted by molar-refractivity contribution is 5.95. The highest BCUT2D eigenvalue weighted by Gasteiger charge is 2.21. The van der Waals surface area contributed by atoms with Crippen LogP contribution in [0.25, 0.3) is 33.3 Å². The lowest BCUT2D eigenvalue weighted by atomic mass is 9.92. The minimum Gasteiger partial charge on any atom is -0.359 e. The average Bonchev–Trinajstić information content (AvgIpc) is 3.38. The van der Waals surface area contributed by atoms with E-state index in [1.165, 1.54) is 0 Å². The summed E-state index contributed by atoms with van der Waals surface area (Å²) < 4.78 is 16.1. The van der Waals surface area contributed by atoms with Crippen molar-refractivity contribution >= 4 is 27.9 Å². The van der Waals surface area contributed by atoms with E-state index in [0.29, 0.717) is 28.2 Å². The molecular formula is C32H34FN7. The van der Waals surface area contributed by atoms with Crippen molar-refractivity contribution in [2.75, 3.05) is 5.32 Å². The molecule has 4 aromatic heterocycles. The molecule has 0 fully saturated rings. The highest BCUT2D eigenvalue weighted by Crippen LogP contribution is 2.32. The van der Waals surface area contributed by atoms with Crippen LogP contribution in [0, 0.1) is 18.2 Å². The Balaban J connectivity index is 1.69. The molecule has 3 N–H and O–H groups in total. The summed E-state index contributed by atoms with van der Waals surface area (Å²) in [6.45, 7) is 22.2. The van der Waals surface area contributed by atoms with Gasteiger partial charge in [-0.25, -0.2) is 4.39 Å². The molecule has 0 unspecified atom stereocenters. The Morgan fingerprint density at radius 3 is 2.50 bits per heavy atom. The molecule has 0 saturated heterocycles. The maximum Gasteiger partial charge on any atom is 0.161 e. The van der Waals surface area contributed by atoms with Gasteiger partial charge in [0.1, 0.15) is 11.4 Å². The largest absolute Gasteiger partial charge is 0.359 e. The number of nitrogens with zero attached hydrogens (tertiary/aromatic N) is 4. The molecule has 0 aliphatic heterocycles. The summed E-state index contributed by atoms with van der Waals surface area (Å²) >= 11 is 0. The van der Waals surface area contributed by atoms with E-state index >= 15 is 4.39 Å². The van der Waals surface area contributed by atoms with Gasteiger partial charge in [0.15, 0.2) is 5.82 Å². The highest BCUT2D eigenvalue weighted by atomic mass is 19.1. The molecule has 8 heteroatoms. The number of hydrogen-bond donors (Lipinski definition) is 3. The number of H-pyrrole nitrogens is 1. The number of aromatic nitrogens is 5. The van der Waals surface area contributed by atoms with Crippen molar-refractivity contribution in [3.8, 4) is 11.1 Å². The second-order valence-electron chi connectivity index (χ2n) is 10.4. The predicted molar refractivity (Wildman–Crippen MR) is 162 cm³/mol. The molecule has 4 aromatic rings. The second kappa shape index (κ2) is 11.5. The van der Waals surface area contributed by atoms with E-state index in [-0.39, 0.29) is 16.5 Å². The number of anilines is 1. The van der Waals surface area contributed by atoms with Crippen molar-refractivity contribution in [1.82, 2.24) is 30.5 Å². The first-order valence-electron chi connectivity index (χ1n) is 12.9. The number of nitrogens with one attached hydrogen (secondary N) is 3. The fraction of sp³-hybridized carbons (Fsp3) is 0.188. The number of allylic oxidation sites excluding steroid dienone is 5. The summed E-state index contributed by atoms with van der Waals surface area (Å²) in [6.07, 6.45) is 13.8. The summed E-state index contributed by atoms with van der Waals surface area (Å²) in [7, 11) is 0. The third-order valence-corrected chi connectivity index (χ3v) is 6.62. The molecule has 0 atom stereocenters. The van der Waals surface area contributed by atoms with Gasteiger partial charge in [-0.3, -0.25) is 20.1 Å². The number of rotatable bonds is 9. The Labute approximate surface area is 234 Å². The lowest BCUT2D eigenvalue weighted by Crippen LogP contribution is -2.22. The van der Waals surface area contributed by atoms with Gasteiger partial charge in [-0.2, -0.15) is 5.10 Å². The molecule has 0 aliphatic carbocycles. The maximum atomic E-state index is 16.1. The van der Waals surface area contributed by atoms with Crippen LogP contribution in [0.3, 0.4) is 0 Å². The van der Waals surface area contributed by atoms with E-state index in [1.54, 1.807) is 49.2 Å². The Hall–Kier alpha value is -4.85. The van der Waals surface area contributed by atoms with Gasteiger partial charge >= 0.3 is 0 Å². The smallest absolute Gasteiger partial charge is 0.161 e. The molecule has 0 bridgehead atoms. The van der Waals surface area contributed by atoms with Gasteiger partial charge in [0.05, 0.1) is 34.7 Å². The van der Waals surface area contributed by atoms with Gasteiger partial charge in [0.2, 0.25) is 0 Å². The molecular weight excluding hydrogens is 501 g/mol. The van der Waals surface area contributed by atoms with Crippen molar-refractivity contribution in [2.24, 2.45) is 5.41 Å². The first kappa shape index (κ1) is 28.2. The van der Waals surface area contributed by atoms with Gasteiger partial charge in [-0.1, -0.05) is 52.7 Å². The van der Waals surface area contributed by atoms with Crippen LogP contribution in [0.15, 0.2) is 92.5 Å². The average molecular weight is 536 g/mol. The minimum absolute atomic E-state index is 0.162. The van der Waals surface area contributed by atoms with Gasteiger partial charge in [0, 0.05) is 52.1 Å². The SMILES string of the molecule is C=C/C(=C\C(=C/C)c1ncc2[nH]nc(C(=C)Nc3cncc(-c4cccnc4)c3C)c2c1F)NC(=C)C(C)(C)C. The van der Waals surface area contributed by atoms with Crippen LogP contribution in [-0.4, -0.2) is 25.1 Å². The summed E-state index contributed by atoms with van der Waals surface area (Å²) in [5.41, 5.74) is 6.89. The molecule has 0 aromatic carbocycles. The molecule has 204 valence electrons. The topological polar surface area (TPSA) is 91.4 Å². The fourth-order valence-electron chi connectivity index (χ4n) is 4.04. The summed E-state index contributed by atoms with van der Waals surface area (Å²) in [5.74, 6) is -0.509. The van der Waals surface area contributed by atoms with Crippen LogP contribution in [0.4, 0.5) is 10.1 Å². The van der Waals surface area contributed by atoms with Crippen LogP contribution >= 0.6 is 0 Å². The predicted octanol–water partition coefficient (Wildman–Crippen LogP) is 7.57. The quantitative estimate of drug-likeness (QED) is 0.192. The first-order valence-corrected chi connectivity index (χ1v) is 12.9. The number of fused-ring (bicyclic) bond motifs is 1. The van der Waals surface area contributed by atoms with E-state index in [2.05, 4.69) is 76.3 Å². The maximum absolute atomic E-state index is 16.1. The van der Waals surface area contributed by atoms with Crippen LogP contribution in [0.5, 0.6) is 0 Å². The second-order valence-corrected chi connectivity index (χ2v) is 10.4. The zero-order chi connectivity index (χ0) is 29.0. The monoisotopic (exact) mass is 535 g/mol. The third-order valence-electron chi connectivity index (χ3n) is 6.62. The molecule has 0 saturated carbocycles. The Morgan fingerprint density at radius 2 is 1.85 bits per heavy atom. The van der Waals surface area contributed by atoms with E-state index in [0.717, 1.165) is 28.1 Å². The lowest BCUT2D eigenvalue weighted by Gasteiger charge is -2.23. The normalized spacial score (nSPS) is 12.3. The number of halogens is 1. The fourth-order valence-corrected chi connectivity index (χ4v) is 4.04. The Kier molecular flexibility index (Phi) is 8.09. The Bertz CT molecular complexity index is 1650. The number of pyridine rings is 3.